The lowest BCUT2D eigenvalue weighted by atomic mass is 10.1. The van der Waals surface area contributed by atoms with Crippen molar-refractivity contribution in [3.8, 4) is 0 Å². The molecule has 1 aromatic carbocycles. The number of halogens is 1. The van der Waals surface area contributed by atoms with Gasteiger partial charge in [0.1, 0.15) is 0 Å². The van der Waals surface area contributed by atoms with Crippen LogP contribution in [0.4, 0.5) is 0 Å². The minimum absolute atomic E-state index is 0.237. The molecule has 0 heterocycles. The third-order valence-corrected chi connectivity index (χ3v) is 3.00. The van der Waals surface area contributed by atoms with Crippen LogP contribution in [-0.4, -0.2) is 11.4 Å². The first-order chi connectivity index (χ1) is 7.49. The summed E-state index contributed by atoms with van der Waals surface area (Å²) in [5.74, 6) is 0. The average molecular weight is 240 g/mol. The van der Waals surface area contributed by atoms with Gasteiger partial charge in [-0.1, -0.05) is 23.8 Å². The van der Waals surface area contributed by atoms with Crippen LogP contribution in [0.5, 0.6) is 0 Å². The summed E-state index contributed by atoms with van der Waals surface area (Å²) in [5, 5.41) is 3.75. The molecule has 1 N–H and O–H groups in total. The Kier molecular flexibility index (Phi) is 5.30. The molecule has 0 aliphatic heterocycles. The van der Waals surface area contributed by atoms with Crippen LogP contribution in [0.25, 0.3) is 0 Å². The maximum Gasteiger partial charge on any atom is 0.0322 e. The Labute approximate surface area is 104 Å². The topological polar surface area (TPSA) is 12.0 Å². The molecular formula is C14H22ClN. The lowest BCUT2D eigenvalue weighted by Gasteiger charge is -2.16. The maximum absolute atomic E-state index is 5.97. The molecule has 0 spiro atoms. The molecule has 1 nitrogen and oxygen atoms in total. The van der Waals surface area contributed by atoms with Crippen molar-refractivity contribution in [2.75, 3.05) is 0 Å². The molecule has 2 heteroatoms. The molecule has 2 atom stereocenters. The molecule has 16 heavy (non-hydrogen) atoms. The fourth-order valence-corrected chi connectivity index (χ4v) is 2.11. The standard InChI is InChI=1S/C14H22ClN/c1-10-5-6-11(2)14(7-10)9-16-13(4)8-12(3)15/h5-7,12-13,16H,8-9H2,1-4H3. The van der Waals surface area contributed by atoms with Crippen LogP contribution >= 0.6 is 11.6 Å². The number of nitrogens with one attached hydrogen (secondary N) is 1. The molecule has 0 saturated carbocycles. The molecule has 0 bridgehead atoms. The van der Waals surface area contributed by atoms with Gasteiger partial charge in [0.05, 0.1) is 0 Å². The Balaban J connectivity index is 2.51. The van der Waals surface area contributed by atoms with E-state index in [4.69, 9.17) is 11.6 Å². The van der Waals surface area contributed by atoms with Crippen molar-refractivity contribution in [2.45, 2.75) is 52.1 Å². The summed E-state index contributed by atoms with van der Waals surface area (Å²) in [6, 6.07) is 7.05. The SMILES string of the molecule is Cc1ccc(C)c(CNC(C)CC(C)Cl)c1. The van der Waals surface area contributed by atoms with Crippen molar-refractivity contribution in [1.82, 2.24) is 5.32 Å². The average Bonchev–Trinajstić information content (AvgIpc) is 2.18. The van der Waals surface area contributed by atoms with Crippen molar-refractivity contribution in [1.29, 1.82) is 0 Å². The summed E-state index contributed by atoms with van der Waals surface area (Å²) in [5.41, 5.74) is 4.05. The van der Waals surface area contributed by atoms with Crippen LogP contribution in [0.15, 0.2) is 18.2 Å². The minimum atomic E-state index is 0.237. The van der Waals surface area contributed by atoms with E-state index in [2.05, 4.69) is 44.3 Å². The molecule has 2 unspecified atom stereocenters. The maximum atomic E-state index is 5.97. The summed E-state index contributed by atoms with van der Waals surface area (Å²) in [7, 11) is 0. The molecule has 1 rings (SSSR count). The first-order valence-electron chi connectivity index (χ1n) is 5.92. The molecule has 0 aliphatic rings. The van der Waals surface area contributed by atoms with Gasteiger partial charge in [0.2, 0.25) is 0 Å². The number of rotatable bonds is 5. The molecule has 0 saturated heterocycles. The number of hydrogen-bond acceptors (Lipinski definition) is 1. The van der Waals surface area contributed by atoms with Gasteiger partial charge in [-0.2, -0.15) is 0 Å². The monoisotopic (exact) mass is 239 g/mol. The second-order valence-corrected chi connectivity index (χ2v) is 5.47. The lowest BCUT2D eigenvalue weighted by Crippen LogP contribution is -2.27. The van der Waals surface area contributed by atoms with Gasteiger partial charge in [0, 0.05) is 18.0 Å². The number of benzene rings is 1. The highest BCUT2D eigenvalue weighted by atomic mass is 35.5. The van der Waals surface area contributed by atoms with Crippen molar-refractivity contribution in [3.05, 3.63) is 34.9 Å². The summed E-state index contributed by atoms with van der Waals surface area (Å²) < 4.78 is 0. The largest absolute Gasteiger partial charge is 0.310 e. The summed E-state index contributed by atoms with van der Waals surface area (Å²) in [6.45, 7) is 9.44. The second-order valence-electron chi connectivity index (χ2n) is 4.73. The van der Waals surface area contributed by atoms with Crippen molar-refractivity contribution >= 4 is 11.6 Å². The predicted molar refractivity (Wildman–Crippen MR) is 72.1 cm³/mol. The summed E-state index contributed by atoms with van der Waals surface area (Å²) in [4.78, 5) is 0. The van der Waals surface area contributed by atoms with Crippen LogP contribution in [0.3, 0.4) is 0 Å². The van der Waals surface area contributed by atoms with Gasteiger partial charge in [0.25, 0.3) is 0 Å². The molecule has 0 aromatic heterocycles. The van der Waals surface area contributed by atoms with E-state index < -0.39 is 0 Å². The van der Waals surface area contributed by atoms with Gasteiger partial charge in [0.15, 0.2) is 0 Å². The van der Waals surface area contributed by atoms with Gasteiger partial charge >= 0.3 is 0 Å². The van der Waals surface area contributed by atoms with Crippen LogP contribution in [0, 0.1) is 13.8 Å². The molecule has 90 valence electrons. The van der Waals surface area contributed by atoms with Crippen LogP contribution < -0.4 is 5.32 Å². The highest BCUT2D eigenvalue weighted by Gasteiger charge is 2.06. The van der Waals surface area contributed by atoms with Crippen molar-refractivity contribution < 1.29 is 0 Å². The molecule has 0 radical (unpaired) electrons. The predicted octanol–water partition coefficient (Wildman–Crippen LogP) is 3.80. The van der Waals surface area contributed by atoms with Gasteiger partial charge in [-0.25, -0.2) is 0 Å². The molecule has 0 aliphatic carbocycles. The Hall–Kier alpha value is -0.530. The van der Waals surface area contributed by atoms with E-state index in [-0.39, 0.29) is 5.38 Å². The normalized spacial score (nSPS) is 14.8. The third-order valence-electron chi connectivity index (χ3n) is 2.82. The Morgan fingerprint density at radius 3 is 2.56 bits per heavy atom. The first kappa shape index (κ1) is 13.5. The molecule has 0 amide bonds. The van der Waals surface area contributed by atoms with Crippen LogP contribution in [0.1, 0.15) is 37.0 Å². The number of alkyl halides is 1. The van der Waals surface area contributed by atoms with E-state index >= 15 is 0 Å². The summed E-state index contributed by atoms with van der Waals surface area (Å²) in [6.07, 6.45) is 1.01. The van der Waals surface area contributed by atoms with Crippen LogP contribution in [0.2, 0.25) is 0 Å². The van der Waals surface area contributed by atoms with Gasteiger partial charge in [-0.05, 0) is 45.2 Å². The van der Waals surface area contributed by atoms with E-state index in [1.165, 1.54) is 16.7 Å². The Morgan fingerprint density at radius 1 is 1.25 bits per heavy atom. The highest BCUT2D eigenvalue weighted by molar-refractivity contribution is 6.20. The van der Waals surface area contributed by atoms with Crippen molar-refractivity contribution in [3.63, 3.8) is 0 Å². The number of aryl methyl sites for hydroxylation is 2. The Bertz CT molecular complexity index is 334. The fourth-order valence-electron chi connectivity index (χ4n) is 1.85. The molecular weight excluding hydrogens is 218 g/mol. The van der Waals surface area contributed by atoms with Gasteiger partial charge < -0.3 is 5.32 Å². The summed E-state index contributed by atoms with van der Waals surface area (Å²) >= 11 is 5.97. The van der Waals surface area contributed by atoms with E-state index in [1.807, 2.05) is 6.92 Å². The van der Waals surface area contributed by atoms with E-state index in [1.54, 1.807) is 0 Å². The zero-order valence-corrected chi connectivity index (χ0v) is 11.4. The third kappa shape index (κ3) is 4.54. The first-order valence-corrected chi connectivity index (χ1v) is 6.36. The molecule has 1 aromatic rings. The zero-order chi connectivity index (χ0) is 12.1. The smallest absolute Gasteiger partial charge is 0.0322 e. The van der Waals surface area contributed by atoms with E-state index in [0.717, 1.165) is 13.0 Å². The quantitative estimate of drug-likeness (QED) is 0.771. The number of hydrogen-bond donors (Lipinski definition) is 1. The van der Waals surface area contributed by atoms with Gasteiger partial charge in [-0.3, -0.25) is 0 Å². The second kappa shape index (κ2) is 6.27. The Morgan fingerprint density at radius 2 is 1.94 bits per heavy atom. The van der Waals surface area contributed by atoms with E-state index in [9.17, 15) is 0 Å². The van der Waals surface area contributed by atoms with E-state index in [0.29, 0.717) is 6.04 Å². The highest BCUT2D eigenvalue weighted by Crippen LogP contribution is 2.11. The van der Waals surface area contributed by atoms with Gasteiger partial charge in [-0.15, -0.1) is 11.6 Å². The van der Waals surface area contributed by atoms with Crippen LogP contribution in [-0.2, 0) is 6.54 Å². The van der Waals surface area contributed by atoms with Crippen molar-refractivity contribution in [2.24, 2.45) is 0 Å². The molecule has 0 fully saturated rings. The lowest BCUT2D eigenvalue weighted by molar-refractivity contribution is 0.510. The fraction of sp³-hybridized carbons (Fsp3) is 0.571. The zero-order valence-electron chi connectivity index (χ0n) is 10.7. The minimum Gasteiger partial charge on any atom is -0.310 e.